The third kappa shape index (κ3) is 3.29. The van der Waals surface area contributed by atoms with Crippen LogP contribution < -0.4 is 16.4 Å². The van der Waals surface area contributed by atoms with E-state index in [1.165, 1.54) is 0 Å². The number of fused-ring (bicyclic) bond motifs is 1. The first-order valence-electron chi connectivity index (χ1n) is 9.97. The Morgan fingerprint density at radius 2 is 1.81 bits per heavy atom. The molecule has 10 nitrogen and oxygen atoms in total. The fourth-order valence-corrected chi connectivity index (χ4v) is 4.09. The zero-order chi connectivity index (χ0) is 22.4. The fraction of sp³-hybridized carbons (Fsp3) is 0.333. The Bertz CT molecular complexity index is 1210. The molecule has 3 aromatic rings. The highest BCUT2D eigenvalue weighted by molar-refractivity contribution is 6.09. The second-order valence-corrected chi connectivity index (χ2v) is 7.73. The summed E-state index contributed by atoms with van der Waals surface area (Å²) in [6.45, 7) is 7.58. The molecule has 2 aromatic heterocycles. The van der Waals surface area contributed by atoms with Crippen LogP contribution in [0.25, 0.3) is 16.9 Å². The van der Waals surface area contributed by atoms with Gasteiger partial charge < -0.3 is 26.4 Å². The van der Waals surface area contributed by atoms with Crippen LogP contribution in [0.3, 0.4) is 0 Å². The third-order valence-corrected chi connectivity index (χ3v) is 5.81. The number of benzene rings is 1. The molecule has 10 heteroatoms. The van der Waals surface area contributed by atoms with Crippen molar-refractivity contribution in [2.75, 3.05) is 36.8 Å². The zero-order valence-electron chi connectivity index (χ0n) is 17.7. The highest BCUT2D eigenvalue weighted by Crippen LogP contribution is 2.35. The van der Waals surface area contributed by atoms with E-state index in [1.807, 2.05) is 11.8 Å². The van der Waals surface area contributed by atoms with Gasteiger partial charge in [-0.1, -0.05) is 6.07 Å². The van der Waals surface area contributed by atoms with Gasteiger partial charge in [0.15, 0.2) is 5.65 Å². The Morgan fingerprint density at radius 1 is 1.13 bits per heavy atom. The summed E-state index contributed by atoms with van der Waals surface area (Å²) in [5.74, 6) is 0.149. The van der Waals surface area contributed by atoms with E-state index in [9.17, 15) is 14.7 Å². The topological polar surface area (TPSA) is 144 Å². The van der Waals surface area contributed by atoms with Crippen molar-refractivity contribution in [3.8, 4) is 11.4 Å². The summed E-state index contributed by atoms with van der Waals surface area (Å²) in [6.07, 6.45) is 1.62. The molecule has 1 aromatic carbocycles. The van der Waals surface area contributed by atoms with Crippen molar-refractivity contribution >= 4 is 34.6 Å². The van der Waals surface area contributed by atoms with E-state index in [1.54, 1.807) is 41.6 Å². The van der Waals surface area contributed by atoms with E-state index in [2.05, 4.69) is 9.97 Å². The maximum Gasteiger partial charge on any atom is 0.254 e. The number of nitrogen functional groups attached to an aromatic ring is 1. The van der Waals surface area contributed by atoms with Crippen LogP contribution in [-0.4, -0.2) is 62.5 Å². The lowest BCUT2D eigenvalue weighted by molar-refractivity contribution is -0.129. The van der Waals surface area contributed by atoms with Crippen LogP contribution in [0, 0.1) is 13.8 Å². The largest absolute Gasteiger partial charge is 0.508 e. The van der Waals surface area contributed by atoms with Gasteiger partial charge in [0, 0.05) is 38.7 Å². The minimum absolute atomic E-state index is 0.0407. The van der Waals surface area contributed by atoms with Crippen molar-refractivity contribution in [1.82, 2.24) is 19.4 Å². The molecule has 0 bridgehead atoms. The van der Waals surface area contributed by atoms with E-state index in [0.29, 0.717) is 54.4 Å². The summed E-state index contributed by atoms with van der Waals surface area (Å²) in [4.78, 5) is 36.9. The number of nitrogens with two attached hydrogens (primary N) is 2. The number of amides is 2. The minimum atomic E-state index is -0.704. The Labute approximate surface area is 179 Å². The molecule has 0 saturated carbocycles. The van der Waals surface area contributed by atoms with E-state index in [-0.39, 0.29) is 23.0 Å². The third-order valence-electron chi connectivity index (χ3n) is 5.81. The van der Waals surface area contributed by atoms with Gasteiger partial charge in [0.2, 0.25) is 5.91 Å². The predicted molar refractivity (Wildman–Crippen MR) is 117 cm³/mol. The molecule has 3 heterocycles. The number of hydrogen-bond acceptors (Lipinski definition) is 7. The summed E-state index contributed by atoms with van der Waals surface area (Å²) in [5, 5.41) is 10.2. The smallest absolute Gasteiger partial charge is 0.254 e. The summed E-state index contributed by atoms with van der Waals surface area (Å²) in [6, 6.07) is 3.37. The van der Waals surface area contributed by atoms with Crippen molar-refractivity contribution in [3.05, 3.63) is 35.0 Å². The average molecular weight is 423 g/mol. The highest BCUT2D eigenvalue weighted by atomic mass is 16.3. The van der Waals surface area contributed by atoms with E-state index in [0.717, 1.165) is 5.56 Å². The molecule has 31 heavy (non-hydrogen) atoms. The highest BCUT2D eigenvalue weighted by Gasteiger charge is 2.27. The number of piperazine rings is 1. The molecule has 5 N–H and O–H groups in total. The monoisotopic (exact) mass is 423 g/mol. The van der Waals surface area contributed by atoms with Gasteiger partial charge in [-0.25, -0.2) is 9.97 Å². The van der Waals surface area contributed by atoms with Gasteiger partial charge in [-0.2, -0.15) is 0 Å². The molecule has 1 aliphatic rings. The summed E-state index contributed by atoms with van der Waals surface area (Å²) in [5.41, 5.74) is 14.9. The first kappa shape index (κ1) is 20.5. The standard InChI is InChI=1S/C21H25N7O3/c1-11-4-5-14(30)12(2)18(11)28-19(22)16(20(23)31)17-21(28)24-10-15(25-17)27-8-6-26(7-9-27)13(3)29/h4-5,10,30H,6-9,22H2,1-3H3,(H2,23,31). The number of carbonyl (C=O) groups excluding carboxylic acids is 2. The molecule has 1 fully saturated rings. The molecule has 0 spiro atoms. The number of phenols is 1. The number of anilines is 2. The number of carbonyl (C=O) groups is 2. The van der Waals surface area contributed by atoms with Gasteiger partial charge in [0.25, 0.3) is 5.91 Å². The van der Waals surface area contributed by atoms with Gasteiger partial charge in [-0.3, -0.25) is 14.2 Å². The van der Waals surface area contributed by atoms with Crippen LogP contribution in [0.1, 0.15) is 28.4 Å². The summed E-state index contributed by atoms with van der Waals surface area (Å²) >= 11 is 0. The van der Waals surface area contributed by atoms with Gasteiger partial charge >= 0.3 is 0 Å². The SMILES string of the molecule is CC(=O)N1CCN(c2cnc3c(n2)c(C(N)=O)c(N)n3-c2c(C)ccc(O)c2C)CC1. The quantitative estimate of drug-likeness (QED) is 0.572. The molecule has 2 amide bonds. The van der Waals surface area contributed by atoms with Crippen LogP contribution >= 0.6 is 0 Å². The molecule has 0 radical (unpaired) electrons. The number of aromatic nitrogens is 3. The fourth-order valence-electron chi connectivity index (χ4n) is 4.09. The normalized spacial score (nSPS) is 14.3. The van der Waals surface area contributed by atoms with E-state index < -0.39 is 5.91 Å². The van der Waals surface area contributed by atoms with Gasteiger partial charge in [-0.15, -0.1) is 0 Å². The molecule has 162 valence electrons. The number of phenolic OH excluding ortho intramolecular Hbond substituents is 1. The van der Waals surface area contributed by atoms with Crippen LogP contribution in [0.5, 0.6) is 5.75 Å². The molecule has 1 aliphatic heterocycles. The zero-order valence-corrected chi connectivity index (χ0v) is 17.7. The molecule has 0 unspecified atom stereocenters. The lowest BCUT2D eigenvalue weighted by Crippen LogP contribution is -2.48. The molecular formula is C21H25N7O3. The van der Waals surface area contributed by atoms with Crippen molar-refractivity contribution in [3.63, 3.8) is 0 Å². The second kappa shape index (κ2) is 7.46. The van der Waals surface area contributed by atoms with Crippen molar-refractivity contribution in [1.29, 1.82) is 0 Å². The van der Waals surface area contributed by atoms with Crippen molar-refractivity contribution < 1.29 is 14.7 Å². The number of aryl methyl sites for hydroxylation is 1. The Morgan fingerprint density at radius 3 is 2.42 bits per heavy atom. The number of aromatic hydroxyl groups is 1. The number of rotatable bonds is 3. The molecule has 0 atom stereocenters. The minimum Gasteiger partial charge on any atom is -0.508 e. The molecule has 4 rings (SSSR count). The molecule has 1 saturated heterocycles. The Hall–Kier alpha value is -3.82. The van der Waals surface area contributed by atoms with E-state index in [4.69, 9.17) is 11.5 Å². The van der Waals surface area contributed by atoms with Gasteiger partial charge in [-0.05, 0) is 25.5 Å². The summed E-state index contributed by atoms with van der Waals surface area (Å²) < 4.78 is 1.62. The molecular weight excluding hydrogens is 398 g/mol. The Kier molecular flexibility index (Phi) is 4.92. The first-order valence-corrected chi connectivity index (χ1v) is 9.97. The number of hydrogen-bond donors (Lipinski definition) is 3. The van der Waals surface area contributed by atoms with Crippen LogP contribution in [0.2, 0.25) is 0 Å². The van der Waals surface area contributed by atoms with Crippen LogP contribution in [0.4, 0.5) is 11.6 Å². The maximum absolute atomic E-state index is 12.3. The second-order valence-electron chi connectivity index (χ2n) is 7.73. The lowest BCUT2D eigenvalue weighted by atomic mass is 10.1. The number of primary amides is 1. The number of nitrogens with zero attached hydrogens (tertiary/aromatic N) is 5. The lowest BCUT2D eigenvalue weighted by Gasteiger charge is -2.34. The summed E-state index contributed by atoms with van der Waals surface area (Å²) in [7, 11) is 0. The van der Waals surface area contributed by atoms with Crippen molar-refractivity contribution in [2.24, 2.45) is 5.73 Å². The molecule has 0 aliphatic carbocycles. The van der Waals surface area contributed by atoms with Crippen LogP contribution in [0.15, 0.2) is 18.3 Å². The van der Waals surface area contributed by atoms with Crippen LogP contribution in [-0.2, 0) is 4.79 Å². The predicted octanol–water partition coefficient (Wildman–Crippen LogP) is 1.09. The maximum atomic E-state index is 12.3. The van der Waals surface area contributed by atoms with Gasteiger partial charge in [0.05, 0.1) is 11.9 Å². The van der Waals surface area contributed by atoms with E-state index >= 15 is 0 Å². The first-order chi connectivity index (χ1) is 14.7. The average Bonchev–Trinajstić information content (AvgIpc) is 3.02. The van der Waals surface area contributed by atoms with Gasteiger partial charge in [0.1, 0.15) is 28.5 Å². The Balaban J connectivity index is 1.87. The van der Waals surface area contributed by atoms with Crippen molar-refractivity contribution in [2.45, 2.75) is 20.8 Å².